The number of nitrogens with zero attached hydrogens (tertiary/aromatic N) is 1. The Kier molecular flexibility index (Phi) is 6.91. The first kappa shape index (κ1) is 23.1. The van der Waals surface area contributed by atoms with Crippen LogP contribution in [-0.4, -0.2) is 26.0 Å². The Morgan fingerprint density at radius 1 is 1.03 bits per heavy atom. The Balaban J connectivity index is 2.23. The van der Waals surface area contributed by atoms with Gasteiger partial charge in [0.05, 0.1) is 10.6 Å². The lowest BCUT2D eigenvalue weighted by Crippen LogP contribution is -2.39. The number of aliphatic hydroxyl groups is 1. The minimum Gasteiger partial charge on any atom is -0.384 e. The van der Waals surface area contributed by atoms with Gasteiger partial charge in [-0.1, -0.05) is 59.6 Å². The molecule has 1 unspecified atom stereocenters. The number of hydrogen-bond acceptors (Lipinski definition) is 4. The monoisotopic (exact) mass is 478 g/mol. The van der Waals surface area contributed by atoms with E-state index >= 15 is 0 Å². The van der Waals surface area contributed by atoms with Crippen molar-refractivity contribution >= 4 is 44.8 Å². The second-order valence-corrected chi connectivity index (χ2v) is 9.55. The van der Waals surface area contributed by atoms with Gasteiger partial charge in [-0.3, -0.25) is 9.10 Å². The summed E-state index contributed by atoms with van der Waals surface area (Å²) in [5.74, 6) is -0.856. The van der Waals surface area contributed by atoms with Gasteiger partial charge in [-0.15, -0.1) is 0 Å². The van der Waals surface area contributed by atoms with E-state index < -0.39 is 28.6 Å². The summed E-state index contributed by atoms with van der Waals surface area (Å²) in [5, 5.41) is 11.6. The number of anilines is 1. The first-order valence-corrected chi connectivity index (χ1v) is 11.4. The number of aryl methyl sites for hydroxylation is 1. The van der Waals surface area contributed by atoms with Crippen LogP contribution in [0.2, 0.25) is 10.0 Å². The van der Waals surface area contributed by atoms with E-state index in [1.165, 1.54) is 24.3 Å². The third kappa shape index (κ3) is 4.85. The lowest BCUT2D eigenvalue weighted by Gasteiger charge is -2.28. The number of halogens is 2. The quantitative estimate of drug-likeness (QED) is 0.534. The number of carbonyl (C=O) groups excluding carboxylic acids is 1. The summed E-state index contributed by atoms with van der Waals surface area (Å²) in [6.45, 7) is 1.03. The number of sulfonamides is 1. The molecule has 0 radical (unpaired) electrons. The van der Waals surface area contributed by atoms with Crippen LogP contribution >= 0.6 is 23.2 Å². The molecule has 9 heteroatoms. The van der Waals surface area contributed by atoms with E-state index in [-0.39, 0.29) is 21.2 Å². The molecule has 1 atom stereocenters. The fraction of sp³-hybridized carbons (Fsp3) is 0.136. The summed E-state index contributed by atoms with van der Waals surface area (Å²) in [6, 6.07) is 17.4. The van der Waals surface area contributed by atoms with E-state index in [0.717, 1.165) is 4.31 Å². The number of aliphatic hydroxyl groups excluding tert-OH is 1. The van der Waals surface area contributed by atoms with Gasteiger partial charge in [0.15, 0.2) is 0 Å². The molecule has 162 valence electrons. The van der Waals surface area contributed by atoms with Gasteiger partial charge in [0.2, 0.25) is 5.91 Å². The Morgan fingerprint density at radius 3 is 2.32 bits per heavy atom. The van der Waals surface area contributed by atoms with Crippen LogP contribution < -0.4 is 10.0 Å². The average molecular weight is 479 g/mol. The van der Waals surface area contributed by atoms with E-state index in [2.05, 4.69) is 0 Å². The van der Waals surface area contributed by atoms with E-state index in [1.54, 1.807) is 49.4 Å². The number of benzene rings is 3. The van der Waals surface area contributed by atoms with E-state index in [4.69, 9.17) is 28.9 Å². The Bertz CT molecular complexity index is 1230. The van der Waals surface area contributed by atoms with Gasteiger partial charge in [0.25, 0.3) is 10.0 Å². The average Bonchev–Trinajstić information content (AvgIpc) is 2.72. The second kappa shape index (κ2) is 9.28. The van der Waals surface area contributed by atoms with Crippen molar-refractivity contribution in [3.05, 3.63) is 93.5 Å². The second-order valence-electron chi connectivity index (χ2n) is 6.87. The summed E-state index contributed by atoms with van der Waals surface area (Å²) in [7, 11) is -4.20. The standard InChI is InChI=1S/C22H20Cl2N2O4S/c1-14-6-2-5-9-20(14)31(29,30)26(13-21(25)27)19-11-10-15(23)12-17(19)22(28)16-7-3-4-8-18(16)24/h2-12,22,28H,13H2,1H3,(H2,25,27). The van der Waals surface area contributed by atoms with E-state index in [1.807, 2.05) is 0 Å². The zero-order valence-electron chi connectivity index (χ0n) is 16.5. The summed E-state index contributed by atoms with van der Waals surface area (Å²) < 4.78 is 27.9. The molecule has 0 bridgehead atoms. The minimum atomic E-state index is -4.20. The molecule has 6 nitrogen and oxygen atoms in total. The zero-order chi connectivity index (χ0) is 22.8. The van der Waals surface area contributed by atoms with Crippen molar-refractivity contribution in [2.24, 2.45) is 5.73 Å². The van der Waals surface area contributed by atoms with Crippen molar-refractivity contribution in [1.82, 2.24) is 0 Å². The lowest BCUT2D eigenvalue weighted by atomic mass is 9.99. The summed E-state index contributed by atoms with van der Waals surface area (Å²) in [5.41, 5.74) is 6.47. The number of carbonyl (C=O) groups is 1. The van der Waals surface area contributed by atoms with Crippen LogP contribution in [0.15, 0.2) is 71.6 Å². The fourth-order valence-corrected chi connectivity index (χ4v) is 5.35. The fourth-order valence-electron chi connectivity index (χ4n) is 3.24. The van der Waals surface area contributed by atoms with Crippen LogP contribution in [0.25, 0.3) is 0 Å². The van der Waals surface area contributed by atoms with Crippen molar-refractivity contribution in [3.63, 3.8) is 0 Å². The van der Waals surface area contributed by atoms with Gasteiger partial charge in [0.1, 0.15) is 12.6 Å². The molecule has 0 spiro atoms. The maximum atomic E-state index is 13.5. The van der Waals surface area contributed by atoms with Crippen molar-refractivity contribution in [2.45, 2.75) is 17.9 Å². The molecular weight excluding hydrogens is 459 g/mol. The van der Waals surface area contributed by atoms with Gasteiger partial charge >= 0.3 is 0 Å². The van der Waals surface area contributed by atoms with Crippen molar-refractivity contribution in [2.75, 3.05) is 10.8 Å². The highest BCUT2D eigenvalue weighted by molar-refractivity contribution is 7.93. The van der Waals surface area contributed by atoms with Gasteiger partial charge < -0.3 is 10.8 Å². The third-order valence-corrected chi connectivity index (χ3v) is 7.21. The molecule has 0 fully saturated rings. The number of amides is 1. The molecule has 0 aliphatic carbocycles. The molecular formula is C22H20Cl2N2O4S. The first-order valence-electron chi connectivity index (χ1n) is 9.21. The Morgan fingerprint density at radius 2 is 1.68 bits per heavy atom. The zero-order valence-corrected chi connectivity index (χ0v) is 18.8. The molecule has 0 saturated heterocycles. The van der Waals surface area contributed by atoms with Gasteiger partial charge in [0, 0.05) is 21.2 Å². The van der Waals surface area contributed by atoms with Crippen LogP contribution in [0.1, 0.15) is 22.8 Å². The van der Waals surface area contributed by atoms with Crippen molar-refractivity contribution in [3.8, 4) is 0 Å². The molecule has 3 rings (SSSR count). The van der Waals surface area contributed by atoms with Gasteiger partial charge in [-0.05, 0) is 42.8 Å². The predicted octanol–water partition coefficient (Wildman–Crippen LogP) is 4.06. The highest BCUT2D eigenvalue weighted by Gasteiger charge is 2.31. The number of nitrogens with two attached hydrogens (primary N) is 1. The molecule has 3 aromatic rings. The summed E-state index contributed by atoms with van der Waals surface area (Å²) in [6.07, 6.45) is -1.30. The molecule has 0 heterocycles. The van der Waals surface area contributed by atoms with Crippen LogP contribution in [0.5, 0.6) is 0 Å². The molecule has 3 aromatic carbocycles. The molecule has 31 heavy (non-hydrogen) atoms. The highest BCUT2D eigenvalue weighted by atomic mass is 35.5. The predicted molar refractivity (Wildman–Crippen MR) is 122 cm³/mol. The molecule has 3 N–H and O–H groups in total. The summed E-state index contributed by atoms with van der Waals surface area (Å²) in [4.78, 5) is 11.8. The molecule has 0 aliphatic rings. The first-order chi connectivity index (χ1) is 14.6. The largest absolute Gasteiger partial charge is 0.384 e. The highest BCUT2D eigenvalue weighted by Crippen LogP contribution is 2.37. The molecule has 0 aromatic heterocycles. The molecule has 0 aliphatic heterocycles. The van der Waals surface area contributed by atoms with Crippen molar-refractivity contribution < 1.29 is 18.3 Å². The van der Waals surface area contributed by atoms with E-state index in [0.29, 0.717) is 16.1 Å². The van der Waals surface area contributed by atoms with Gasteiger partial charge in [-0.25, -0.2) is 8.42 Å². The summed E-state index contributed by atoms with van der Waals surface area (Å²) >= 11 is 12.4. The van der Waals surface area contributed by atoms with E-state index in [9.17, 15) is 18.3 Å². The van der Waals surface area contributed by atoms with Crippen LogP contribution in [0.3, 0.4) is 0 Å². The number of hydrogen-bond donors (Lipinski definition) is 2. The maximum Gasteiger partial charge on any atom is 0.265 e. The molecule has 0 saturated carbocycles. The molecule has 1 amide bonds. The minimum absolute atomic E-state index is 0.0179. The Labute approximate surface area is 190 Å². The Hall–Kier alpha value is -2.58. The SMILES string of the molecule is Cc1ccccc1S(=O)(=O)N(CC(N)=O)c1ccc(Cl)cc1C(O)c1ccccc1Cl. The van der Waals surface area contributed by atoms with Crippen LogP contribution in [-0.2, 0) is 14.8 Å². The van der Waals surface area contributed by atoms with Gasteiger partial charge in [-0.2, -0.15) is 0 Å². The normalized spacial score (nSPS) is 12.4. The van der Waals surface area contributed by atoms with Crippen molar-refractivity contribution in [1.29, 1.82) is 0 Å². The number of rotatable bonds is 7. The smallest absolute Gasteiger partial charge is 0.265 e. The number of primary amides is 1. The van der Waals surface area contributed by atoms with Crippen LogP contribution in [0, 0.1) is 6.92 Å². The third-order valence-electron chi connectivity index (χ3n) is 4.71. The maximum absolute atomic E-state index is 13.5. The van der Waals surface area contributed by atoms with Crippen LogP contribution in [0.4, 0.5) is 5.69 Å². The topological polar surface area (TPSA) is 101 Å². The lowest BCUT2D eigenvalue weighted by molar-refractivity contribution is -0.116.